The molecule has 1 heteroatoms. The van der Waals surface area contributed by atoms with E-state index in [-0.39, 0.29) is 0 Å². The zero-order valence-electron chi connectivity index (χ0n) is 12.1. The molecule has 104 valence electrons. The first-order valence-corrected chi connectivity index (χ1v) is 8.28. The van der Waals surface area contributed by atoms with Crippen LogP contribution in [0.5, 0.6) is 0 Å². The molecule has 1 heterocycles. The molecule has 0 unspecified atom stereocenters. The smallest absolute Gasteiger partial charge is 0.0300 e. The Morgan fingerprint density at radius 3 is 2.42 bits per heavy atom. The van der Waals surface area contributed by atoms with Crippen molar-refractivity contribution >= 4 is 0 Å². The number of pyridine rings is 1. The highest BCUT2D eigenvalue weighted by Gasteiger charge is 2.39. The number of nitrogens with zero attached hydrogens (tertiary/aromatic N) is 1. The van der Waals surface area contributed by atoms with Gasteiger partial charge in [-0.25, -0.2) is 0 Å². The molecular formula is C18H27N. The Balaban J connectivity index is 1.79. The van der Waals surface area contributed by atoms with Gasteiger partial charge < -0.3 is 0 Å². The molecule has 0 spiro atoms. The third-order valence-electron chi connectivity index (χ3n) is 5.60. The van der Waals surface area contributed by atoms with Crippen LogP contribution in [0, 0.1) is 11.3 Å². The van der Waals surface area contributed by atoms with Crippen molar-refractivity contribution in [3.8, 4) is 0 Å². The van der Waals surface area contributed by atoms with Crippen LogP contribution in [0.1, 0.15) is 69.8 Å². The quantitative estimate of drug-likeness (QED) is 0.729. The van der Waals surface area contributed by atoms with E-state index in [0.717, 1.165) is 5.92 Å². The minimum atomic E-state index is 0.613. The molecule has 0 aromatic carbocycles. The van der Waals surface area contributed by atoms with Gasteiger partial charge in [0.1, 0.15) is 0 Å². The molecule has 0 bridgehead atoms. The standard InChI is InChI=1S/C18H27N/c1-3-9-17(10-4-1)18(11-5-2-6-12-18)14-16-8-7-13-19-15-16/h7-8,13,15,17H,1-6,9-12,14H2. The first-order chi connectivity index (χ1) is 9.39. The third-order valence-corrected chi connectivity index (χ3v) is 5.60. The van der Waals surface area contributed by atoms with Gasteiger partial charge in [-0.05, 0) is 55.1 Å². The molecule has 0 saturated heterocycles. The lowest BCUT2D eigenvalue weighted by molar-refractivity contribution is 0.0671. The summed E-state index contributed by atoms with van der Waals surface area (Å²) >= 11 is 0. The fraction of sp³-hybridized carbons (Fsp3) is 0.722. The highest BCUT2D eigenvalue weighted by molar-refractivity contribution is 5.12. The van der Waals surface area contributed by atoms with Crippen LogP contribution in [-0.2, 0) is 6.42 Å². The maximum Gasteiger partial charge on any atom is 0.0300 e. The zero-order chi connectivity index (χ0) is 13.0. The number of hydrogen-bond acceptors (Lipinski definition) is 1. The first-order valence-electron chi connectivity index (χ1n) is 8.28. The SMILES string of the molecule is c1cncc(CC2(C3CCCCC3)CCCCC2)c1. The van der Waals surface area contributed by atoms with E-state index in [1.165, 1.54) is 76.2 Å². The van der Waals surface area contributed by atoms with Crippen molar-refractivity contribution < 1.29 is 0 Å². The minimum absolute atomic E-state index is 0.613. The Morgan fingerprint density at radius 2 is 1.74 bits per heavy atom. The largest absolute Gasteiger partial charge is 0.264 e. The Bertz CT molecular complexity index is 372. The second-order valence-corrected chi connectivity index (χ2v) is 6.80. The fourth-order valence-electron chi connectivity index (χ4n) is 4.61. The van der Waals surface area contributed by atoms with Crippen molar-refractivity contribution in [2.75, 3.05) is 0 Å². The molecule has 2 saturated carbocycles. The Labute approximate surface area is 117 Å². The van der Waals surface area contributed by atoms with Crippen molar-refractivity contribution in [1.82, 2.24) is 4.98 Å². The predicted molar refractivity (Wildman–Crippen MR) is 80.0 cm³/mol. The summed E-state index contributed by atoms with van der Waals surface area (Å²) < 4.78 is 0. The summed E-state index contributed by atoms with van der Waals surface area (Å²) in [6.45, 7) is 0. The van der Waals surface area contributed by atoms with Gasteiger partial charge in [0.2, 0.25) is 0 Å². The van der Waals surface area contributed by atoms with Gasteiger partial charge in [-0.15, -0.1) is 0 Å². The van der Waals surface area contributed by atoms with Crippen LogP contribution in [0.2, 0.25) is 0 Å². The van der Waals surface area contributed by atoms with Crippen molar-refractivity contribution in [3.05, 3.63) is 30.1 Å². The molecule has 1 aromatic heterocycles. The highest BCUT2D eigenvalue weighted by Crippen LogP contribution is 2.50. The second-order valence-electron chi connectivity index (χ2n) is 6.80. The monoisotopic (exact) mass is 257 g/mol. The Hall–Kier alpha value is -0.850. The van der Waals surface area contributed by atoms with Gasteiger partial charge in [-0.3, -0.25) is 4.98 Å². The van der Waals surface area contributed by atoms with Crippen molar-refractivity contribution in [3.63, 3.8) is 0 Å². The summed E-state index contributed by atoms with van der Waals surface area (Å²) in [6, 6.07) is 4.39. The van der Waals surface area contributed by atoms with Crippen LogP contribution in [0.15, 0.2) is 24.5 Å². The van der Waals surface area contributed by atoms with Crippen LogP contribution in [-0.4, -0.2) is 4.98 Å². The molecule has 0 atom stereocenters. The molecule has 19 heavy (non-hydrogen) atoms. The molecule has 0 amide bonds. The first kappa shape index (κ1) is 13.1. The summed E-state index contributed by atoms with van der Waals surface area (Å²) in [6.07, 6.45) is 20.0. The number of hydrogen-bond donors (Lipinski definition) is 0. The van der Waals surface area contributed by atoms with Gasteiger partial charge in [0.05, 0.1) is 0 Å². The van der Waals surface area contributed by atoms with Gasteiger partial charge in [-0.1, -0.05) is 44.6 Å². The van der Waals surface area contributed by atoms with E-state index in [2.05, 4.69) is 23.3 Å². The van der Waals surface area contributed by atoms with Crippen LogP contribution < -0.4 is 0 Å². The summed E-state index contributed by atoms with van der Waals surface area (Å²) in [7, 11) is 0. The summed E-state index contributed by atoms with van der Waals surface area (Å²) in [5.74, 6) is 0.988. The van der Waals surface area contributed by atoms with E-state index in [4.69, 9.17) is 0 Å². The summed E-state index contributed by atoms with van der Waals surface area (Å²) in [5.41, 5.74) is 2.08. The average molecular weight is 257 g/mol. The van der Waals surface area contributed by atoms with E-state index in [9.17, 15) is 0 Å². The Morgan fingerprint density at radius 1 is 1.00 bits per heavy atom. The van der Waals surface area contributed by atoms with Crippen molar-refractivity contribution in [1.29, 1.82) is 0 Å². The summed E-state index contributed by atoms with van der Waals surface area (Å²) in [5, 5.41) is 0. The van der Waals surface area contributed by atoms with Gasteiger partial charge in [-0.2, -0.15) is 0 Å². The number of rotatable bonds is 3. The van der Waals surface area contributed by atoms with E-state index in [0.29, 0.717) is 5.41 Å². The lowest BCUT2D eigenvalue weighted by Gasteiger charge is -2.46. The van der Waals surface area contributed by atoms with Gasteiger partial charge in [0.25, 0.3) is 0 Å². The van der Waals surface area contributed by atoms with E-state index >= 15 is 0 Å². The van der Waals surface area contributed by atoms with Crippen molar-refractivity contribution in [2.24, 2.45) is 11.3 Å². The molecule has 0 N–H and O–H groups in total. The number of aromatic nitrogens is 1. The molecular weight excluding hydrogens is 230 g/mol. The molecule has 2 fully saturated rings. The Kier molecular flexibility index (Phi) is 4.20. The normalized spacial score (nSPS) is 24.2. The maximum atomic E-state index is 4.33. The van der Waals surface area contributed by atoms with Gasteiger partial charge in [0.15, 0.2) is 0 Å². The second kappa shape index (κ2) is 6.07. The molecule has 1 aromatic rings. The highest BCUT2D eigenvalue weighted by atomic mass is 14.6. The van der Waals surface area contributed by atoms with Crippen LogP contribution in [0.3, 0.4) is 0 Å². The van der Waals surface area contributed by atoms with E-state index in [1.54, 1.807) is 0 Å². The lowest BCUT2D eigenvalue weighted by atomic mass is 9.59. The lowest BCUT2D eigenvalue weighted by Crippen LogP contribution is -2.36. The molecule has 2 aliphatic carbocycles. The average Bonchev–Trinajstić information content (AvgIpc) is 2.50. The fourth-order valence-corrected chi connectivity index (χ4v) is 4.61. The molecule has 0 aliphatic heterocycles. The van der Waals surface area contributed by atoms with E-state index < -0.39 is 0 Å². The predicted octanol–water partition coefficient (Wildman–Crippen LogP) is 5.15. The van der Waals surface area contributed by atoms with Crippen LogP contribution in [0.25, 0.3) is 0 Å². The van der Waals surface area contributed by atoms with Crippen LogP contribution >= 0.6 is 0 Å². The topological polar surface area (TPSA) is 12.9 Å². The van der Waals surface area contributed by atoms with Gasteiger partial charge >= 0.3 is 0 Å². The zero-order valence-corrected chi connectivity index (χ0v) is 12.1. The summed E-state index contributed by atoms with van der Waals surface area (Å²) in [4.78, 5) is 4.33. The third kappa shape index (κ3) is 3.01. The molecule has 2 aliphatic rings. The van der Waals surface area contributed by atoms with E-state index in [1.807, 2.05) is 6.20 Å². The van der Waals surface area contributed by atoms with Crippen LogP contribution in [0.4, 0.5) is 0 Å². The molecule has 3 rings (SSSR count). The molecule has 1 nitrogen and oxygen atoms in total. The van der Waals surface area contributed by atoms with Crippen molar-refractivity contribution in [2.45, 2.75) is 70.6 Å². The van der Waals surface area contributed by atoms with Gasteiger partial charge in [0, 0.05) is 12.4 Å². The minimum Gasteiger partial charge on any atom is -0.264 e. The maximum absolute atomic E-state index is 4.33. The molecule has 0 radical (unpaired) electrons.